The molecule has 5 nitrogen and oxygen atoms in total. The number of hydrogen-bond donors (Lipinski definition) is 1. The van der Waals surface area contributed by atoms with Crippen molar-refractivity contribution in [3.63, 3.8) is 0 Å². The summed E-state index contributed by atoms with van der Waals surface area (Å²) in [4.78, 5) is 16.2. The van der Waals surface area contributed by atoms with Crippen LogP contribution in [0, 0.1) is 5.82 Å². The van der Waals surface area contributed by atoms with Crippen molar-refractivity contribution in [1.82, 2.24) is 4.98 Å². The number of carbonyl (C=O) groups is 1. The van der Waals surface area contributed by atoms with Crippen molar-refractivity contribution in [2.75, 3.05) is 12.4 Å². The van der Waals surface area contributed by atoms with Crippen molar-refractivity contribution in [3.8, 4) is 17.1 Å². The molecule has 3 rings (SSSR count). The van der Waals surface area contributed by atoms with Crippen LogP contribution in [0.4, 0.5) is 10.1 Å². The maximum atomic E-state index is 13.7. The van der Waals surface area contributed by atoms with E-state index in [0.717, 1.165) is 0 Å². The molecule has 128 valence electrons. The number of hydrogen-bond acceptors (Lipinski definition) is 4. The van der Waals surface area contributed by atoms with Crippen LogP contribution in [0.3, 0.4) is 0 Å². The number of para-hydroxylation sites is 2. The fourth-order valence-electron chi connectivity index (χ4n) is 2.39. The standard InChI is InChI=1S/C19H17FN2O3/c1-24-16-9-5-4-8-15(16)22-18(23)10-11-19-21-12-17(25-19)13-6-2-3-7-14(13)20/h2-9,12H,10-11H2,1H3,(H,22,23). The van der Waals surface area contributed by atoms with Gasteiger partial charge in [-0.1, -0.05) is 24.3 Å². The topological polar surface area (TPSA) is 64.4 Å². The zero-order valence-electron chi connectivity index (χ0n) is 13.7. The summed E-state index contributed by atoms with van der Waals surface area (Å²) in [5.41, 5.74) is 0.953. The molecule has 0 fully saturated rings. The van der Waals surface area contributed by atoms with Gasteiger partial charge in [0.05, 0.1) is 24.6 Å². The lowest BCUT2D eigenvalue weighted by Crippen LogP contribution is -2.13. The third-order valence-corrected chi connectivity index (χ3v) is 3.64. The van der Waals surface area contributed by atoms with Gasteiger partial charge in [-0.15, -0.1) is 0 Å². The molecule has 0 bridgehead atoms. The Labute approximate surface area is 144 Å². The second-order valence-corrected chi connectivity index (χ2v) is 5.35. The molecule has 1 N–H and O–H groups in total. The number of benzene rings is 2. The Morgan fingerprint density at radius 1 is 1.20 bits per heavy atom. The number of aryl methyl sites for hydroxylation is 1. The zero-order valence-corrected chi connectivity index (χ0v) is 13.7. The average Bonchev–Trinajstić information content (AvgIpc) is 3.09. The van der Waals surface area contributed by atoms with Gasteiger partial charge in [0.1, 0.15) is 11.6 Å². The Hall–Kier alpha value is -3.15. The first kappa shape index (κ1) is 16.7. The normalized spacial score (nSPS) is 10.5. The Morgan fingerprint density at radius 2 is 1.96 bits per heavy atom. The zero-order chi connectivity index (χ0) is 17.6. The van der Waals surface area contributed by atoms with Gasteiger partial charge in [0, 0.05) is 12.8 Å². The fourth-order valence-corrected chi connectivity index (χ4v) is 2.39. The highest BCUT2D eigenvalue weighted by atomic mass is 19.1. The van der Waals surface area contributed by atoms with E-state index in [1.165, 1.54) is 12.3 Å². The van der Waals surface area contributed by atoms with Crippen molar-refractivity contribution in [1.29, 1.82) is 0 Å². The number of amides is 1. The first-order chi connectivity index (χ1) is 12.2. The third kappa shape index (κ3) is 4.03. The molecule has 0 aliphatic heterocycles. The molecule has 0 saturated heterocycles. The average molecular weight is 340 g/mol. The minimum absolute atomic E-state index is 0.185. The van der Waals surface area contributed by atoms with Gasteiger partial charge >= 0.3 is 0 Å². The monoisotopic (exact) mass is 340 g/mol. The highest BCUT2D eigenvalue weighted by Crippen LogP contribution is 2.25. The molecule has 0 aliphatic rings. The summed E-state index contributed by atoms with van der Waals surface area (Å²) in [6.45, 7) is 0. The number of anilines is 1. The number of nitrogens with one attached hydrogen (secondary N) is 1. The second-order valence-electron chi connectivity index (χ2n) is 5.35. The summed E-state index contributed by atoms with van der Waals surface area (Å²) in [6.07, 6.45) is 1.97. The lowest BCUT2D eigenvalue weighted by Gasteiger charge is -2.09. The lowest BCUT2D eigenvalue weighted by molar-refractivity contribution is -0.116. The first-order valence-electron chi connectivity index (χ1n) is 7.80. The number of rotatable bonds is 6. The third-order valence-electron chi connectivity index (χ3n) is 3.64. The van der Waals surface area contributed by atoms with E-state index in [-0.39, 0.29) is 18.1 Å². The van der Waals surface area contributed by atoms with Crippen molar-refractivity contribution in [3.05, 3.63) is 66.4 Å². The molecule has 0 unspecified atom stereocenters. The first-order valence-corrected chi connectivity index (χ1v) is 7.80. The highest BCUT2D eigenvalue weighted by Gasteiger charge is 2.12. The maximum Gasteiger partial charge on any atom is 0.224 e. The molecule has 0 aliphatic carbocycles. The second kappa shape index (κ2) is 7.61. The van der Waals surface area contributed by atoms with Crippen LogP contribution in [-0.4, -0.2) is 18.0 Å². The van der Waals surface area contributed by atoms with Gasteiger partial charge in [-0.3, -0.25) is 4.79 Å². The van der Waals surface area contributed by atoms with Gasteiger partial charge in [0.2, 0.25) is 5.91 Å². The van der Waals surface area contributed by atoms with E-state index in [0.29, 0.717) is 35.1 Å². The van der Waals surface area contributed by atoms with Gasteiger partial charge in [-0.2, -0.15) is 0 Å². The number of ether oxygens (including phenoxy) is 1. The molecule has 6 heteroatoms. The number of methoxy groups -OCH3 is 1. The van der Waals surface area contributed by atoms with Crippen LogP contribution in [0.2, 0.25) is 0 Å². The maximum absolute atomic E-state index is 13.7. The molecule has 0 saturated carbocycles. The molecule has 25 heavy (non-hydrogen) atoms. The summed E-state index contributed by atoms with van der Waals surface area (Å²) >= 11 is 0. The minimum atomic E-state index is -0.376. The predicted molar refractivity (Wildman–Crippen MR) is 91.8 cm³/mol. The van der Waals surface area contributed by atoms with Crippen molar-refractivity contribution in [2.24, 2.45) is 0 Å². The van der Waals surface area contributed by atoms with Gasteiger partial charge in [0.25, 0.3) is 0 Å². The molecule has 3 aromatic rings. The van der Waals surface area contributed by atoms with Gasteiger partial charge in [-0.25, -0.2) is 9.37 Å². The molecule has 0 radical (unpaired) electrons. The van der Waals surface area contributed by atoms with Gasteiger partial charge in [-0.05, 0) is 24.3 Å². The lowest BCUT2D eigenvalue weighted by atomic mass is 10.2. The summed E-state index contributed by atoms with van der Waals surface area (Å²) in [7, 11) is 1.54. The van der Waals surface area contributed by atoms with Crippen molar-refractivity contribution < 1.29 is 18.3 Å². The SMILES string of the molecule is COc1ccccc1NC(=O)CCc1ncc(-c2ccccc2F)o1. The fraction of sp³-hybridized carbons (Fsp3) is 0.158. The van der Waals surface area contributed by atoms with Gasteiger partial charge < -0.3 is 14.5 Å². The van der Waals surface area contributed by atoms with E-state index >= 15 is 0 Å². The van der Waals surface area contributed by atoms with E-state index in [9.17, 15) is 9.18 Å². The van der Waals surface area contributed by atoms with E-state index < -0.39 is 0 Å². The molecule has 1 amide bonds. The van der Waals surface area contributed by atoms with Crippen LogP contribution in [-0.2, 0) is 11.2 Å². The van der Waals surface area contributed by atoms with Crippen molar-refractivity contribution in [2.45, 2.75) is 12.8 Å². The molecule has 0 atom stereocenters. The Balaban J connectivity index is 1.61. The number of aromatic nitrogens is 1. The number of halogens is 1. The highest BCUT2D eigenvalue weighted by molar-refractivity contribution is 5.92. The van der Waals surface area contributed by atoms with Crippen LogP contribution >= 0.6 is 0 Å². The smallest absolute Gasteiger partial charge is 0.224 e. The largest absolute Gasteiger partial charge is 0.495 e. The Kier molecular flexibility index (Phi) is 5.09. The number of carbonyl (C=O) groups excluding carboxylic acids is 1. The Morgan fingerprint density at radius 3 is 2.76 bits per heavy atom. The van der Waals surface area contributed by atoms with Crippen LogP contribution in [0.25, 0.3) is 11.3 Å². The quantitative estimate of drug-likeness (QED) is 0.735. The summed E-state index contributed by atoms with van der Waals surface area (Å²) in [5.74, 6) is 0.759. The summed E-state index contributed by atoms with van der Waals surface area (Å²) in [5, 5.41) is 2.79. The van der Waals surface area contributed by atoms with Crippen LogP contribution in [0.1, 0.15) is 12.3 Å². The van der Waals surface area contributed by atoms with Crippen LogP contribution in [0.15, 0.2) is 59.1 Å². The molecular formula is C19H17FN2O3. The summed E-state index contributed by atoms with van der Waals surface area (Å²) in [6, 6.07) is 13.5. The molecule has 1 heterocycles. The van der Waals surface area contributed by atoms with E-state index in [2.05, 4.69) is 10.3 Å². The van der Waals surface area contributed by atoms with Crippen LogP contribution in [0.5, 0.6) is 5.75 Å². The van der Waals surface area contributed by atoms with E-state index in [1.807, 2.05) is 12.1 Å². The van der Waals surface area contributed by atoms with Crippen molar-refractivity contribution >= 4 is 11.6 Å². The molecule has 1 aromatic heterocycles. The predicted octanol–water partition coefficient (Wildman–Crippen LogP) is 4.06. The minimum Gasteiger partial charge on any atom is -0.495 e. The summed E-state index contributed by atoms with van der Waals surface area (Å²) < 4.78 is 24.5. The van der Waals surface area contributed by atoms with E-state index in [1.54, 1.807) is 37.4 Å². The van der Waals surface area contributed by atoms with E-state index in [4.69, 9.17) is 9.15 Å². The Bertz CT molecular complexity index is 876. The molecule has 2 aromatic carbocycles. The number of nitrogens with zero attached hydrogens (tertiary/aromatic N) is 1. The number of oxazole rings is 1. The molecule has 0 spiro atoms. The van der Waals surface area contributed by atoms with Crippen LogP contribution < -0.4 is 10.1 Å². The molecular weight excluding hydrogens is 323 g/mol. The van der Waals surface area contributed by atoms with Gasteiger partial charge in [0.15, 0.2) is 11.7 Å².